The highest BCUT2D eigenvalue weighted by molar-refractivity contribution is 7.91. The van der Waals surface area contributed by atoms with Gasteiger partial charge in [-0.25, -0.2) is 18.0 Å². The number of nitrogens with zero attached hydrogens (tertiary/aromatic N) is 1. The number of carbonyl (C=O) groups is 2. The molecular weight excluding hydrogens is 320 g/mol. The molecule has 1 aliphatic rings. The molecule has 0 saturated carbocycles. The van der Waals surface area contributed by atoms with E-state index in [0.29, 0.717) is 19.4 Å². The number of hydrogen-bond acceptors (Lipinski definition) is 4. The van der Waals surface area contributed by atoms with Crippen molar-refractivity contribution in [1.82, 2.24) is 10.2 Å². The third-order valence-corrected chi connectivity index (χ3v) is 5.51. The number of aromatic carboxylic acids is 1. The molecule has 1 atom stereocenters. The molecule has 0 bridgehead atoms. The Hall–Kier alpha value is -2.09. The quantitative estimate of drug-likeness (QED) is 0.854. The lowest BCUT2D eigenvalue weighted by Crippen LogP contribution is -2.48. The van der Waals surface area contributed by atoms with Crippen LogP contribution in [0.1, 0.15) is 28.8 Å². The molecule has 1 aromatic carbocycles. The highest BCUT2D eigenvalue weighted by Crippen LogP contribution is 2.16. The molecule has 0 radical (unpaired) electrons. The van der Waals surface area contributed by atoms with E-state index in [4.69, 9.17) is 5.11 Å². The van der Waals surface area contributed by atoms with Crippen molar-refractivity contribution >= 4 is 21.8 Å². The molecule has 2 rings (SSSR count). The fraction of sp³-hybridized carbons (Fsp3) is 0.467. The number of urea groups is 1. The molecule has 0 spiro atoms. The van der Waals surface area contributed by atoms with E-state index >= 15 is 0 Å². The van der Waals surface area contributed by atoms with E-state index in [1.54, 1.807) is 12.1 Å². The fourth-order valence-electron chi connectivity index (χ4n) is 2.53. The van der Waals surface area contributed by atoms with E-state index < -0.39 is 21.1 Å². The first-order valence-corrected chi connectivity index (χ1v) is 9.26. The van der Waals surface area contributed by atoms with Gasteiger partial charge in [-0.05, 0) is 30.5 Å². The lowest BCUT2D eigenvalue weighted by atomic mass is 10.1. The zero-order valence-corrected chi connectivity index (χ0v) is 13.7. The fourth-order valence-corrected chi connectivity index (χ4v) is 3.57. The first kappa shape index (κ1) is 17.3. The van der Waals surface area contributed by atoms with Crippen LogP contribution in [-0.4, -0.2) is 55.0 Å². The third-order valence-electron chi connectivity index (χ3n) is 3.92. The number of amides is 2. The van der Waals surface area contributed by atoms with Gasteiger partial charge in [0.25, 0.3) is 0 Å². The maximum absolute atomic E-state index is 12.1. The van der Waals surface area contributed by atoms with Crippen LogP contribution in [0.25, 0.3) is 0 Å². The second-order valence-corrected chi connectivity index (χ2v) is 8.03. The number of carboxylic acids is 1. The van der Waals surface area contributed by atoms with Gasteiger partial charge in [-0.3, -0.25) is 0 Å². The average molecular weight is 340 g/mol. The van der Waals surface area contributed by atoms with E-state index in [1.807, 2.05) is 0 Å². The molecule has 2 N–H and O–H groups in total. The molecule has 23 heavy (non-hydrogen) atoms. The van der Waals surface area contributed by atoms with Gasteiger partial charge in [-0.1, -0.05) is 12.1 Å². The number of carbonyl (C=O) groups excluding carboxylic acids is 1. The van der Waals surface area contributed by atoms with Gasteiger partial charge >= 0.3 is 12.0 Å². The summed E-state index contributed by atoms with van der Waals surface area (Å²) in [7, 11) is -3.15. The van der Waals surface area contributed by atoms with Gasteiger partial charge in [0, 0.05) is 25.9 Å². The number of rotatable bonds is 4. The maximum Gasteiger partial charge on any atom is 0.335 e. The molecule has 0 aromatic heterocycles. The summed E-state index contributed by atoms with van der Waals surface area (Å²) < 4.78 is 23.2. The molecule has 2 amide bonds. The minimum atomic E-state index is -3.15. The number of piperidine rings is 1. The van der Waals surface area contributed by atoms with Crippen molar-refractivity contribution in [2.24, 2.45) is 0 Å². The highest BCUT2D eigenvalue weighted by atomic mass is 32.2. The van der Waals surface area contributed by atoms with Crippen LogP contribution in [0.5, 0.6) is 0 Å². The van der Waals surface area contributed by atoms with Gasteiger partial charge in [0.05, 0.1) is 10.8 Å². The predicted octanol–water partition coefficient (Wildman–Crippen LogP) is 1.10. The number of hydrogen-bond donors (Lipinski definition) is 2. The minimum absolute atomic E-state index is 0.187. The maximum atomic E-state index is 12.1. The lowest BCUT2D eigenvalue weighted by Gasteiger charge is -2.31. The summed E-state index contributed by atoms with van der Waals surface area (Å²) in [6.07, 6.45) is 2.45. The molecule has 1 saturated heterocycles. The first-order valence-electron chi connectivity index (χ1n) is 7.31. The Morgan fingerprint density at radius 2 is 1.96 bits per heavy atom. The smallest absolute Gasteiger partial charge is 0.335 e. The van der Waals surface area contributed by atoms with E-state index in [1.165, 1.54) is 23.3 Å². The van der Waals surface area contributed by atoms with Crippen molar-refractivity contribution < 1.29 is 23.1 Å². The normalized spacial score (nSPS) is 18.5. The van der Waals surface area contributed by atoms with Crippen LogP contribution >= 0.6 is 0 Å². The van der Waals surface area contributed by atoms with Crippen LogP contribution in [0, 0.1) is 0 Å². The van der Waals surface area contributed by atoms with E-state index in [9.17, 15) is 18.0 Å². The SMILES string of the molecule is CS(=O)(=O)C1CCCN(C(=O)NCc2ccc(C(=O)O)cc2)C1. The number of likely N-dealkylation sites (tertiary alicyclic amines) is 1. The van der Waals surface area contributed by atoms with E-state index in [0.717, 1.165) is 5.56 Å². The third kappa shape index (κ3) is 4.69. The van der Waals surface area contributed by atoms with Crippen molar-refractivity contribution in [2.45, 2.75) is 24.6 Å². The Labute approximate surface area is 135 Å². The van der Waals surface area contributed by atoms with E-state index in [-0.39, 0.29) is 24.7 Å². The Kier molecular flexibility index (Phi) is 5.25. The summed E-state index contributed by atoms with van der Waals surface area (Å²) in [5.41, 5.74) is 0.965. The van der Waals surface area contributed by atoms with Crippen LogP contribution in [0.3, 0.4) is 0 Å². The Morgan fingerprint density at radius 3 is 2.52 bits per heavy atom. The van der Waals surface area contributed by atoms with E-state index in [2.05, 4.69) is 5.32 Å². The zero-order valence-electron chi connectivity index (χ0n) is 12.9. The predicted molar refractivity (Wildman–Crippen MR) is 85.1 cm³/mol. The molecule has 1 aliphatic heterocycles. The number of sulfone groups is 1. The molecule has 1 fully saturated rings. The summed E-state index contributed by atoms with van der Waals surface area (Å²) in [4.78, 5) is 24.4. The zero-order chi connectivity index (χ0) is 17.0. The Morgan fingerprint density at radius 1 is 1.30 bits per heavy atom. The molecule has 8 heteroatoms. The molecule has 1 aromatic rings. The van der Waals surface area contributed by atoms with Gasteiger partial charge in [0.2, 0.25) is 0 Å². The summed E-state index contributed by atoms with van der Waals surface area (Å²) in [6, 6.07) is 5.92. The standard InChI is InChI=1S/C15H20N2O5S/c1-23(21,22)13-3-2-8-17(10-13)15(20)16-9-11-4-6-12(7-5-11)14(18)19/h4-7,13H,2-3,8-10H2,1H3,(H,16,20)(H,18,19). The van der Waals surface area contributed by atoms with Gasteiger partial charge in [-0.15, -0.1) is 0 Å². The van der Waals surface area contributed by atoms with Gasteiger partial charge in [0.1, 0.15) is 0 Å². The summed E-state index contributed by atoms with van der Waals surface area (Å²) >= 11 is 0. The number of carboxylic acid groups (broad SMARTS) is 1. The van der Waals surface area contributed by atoms with Gasteiger partial charge in [-0.2, -0.15) is 0 Å². The van der Waals surface area contributed by atoms with Crippen molar-refractivity contribution in [2.75, 3.05) is 19.3 Å². The summed E-state index contributed by atoms with van der Waals surface area (Å²) in [5.74, 6) is -0.999. The molecule has 7 nitrogen and oxygen atoms in total. The number of nitrogens with one attached hydrogen (secondary N) is 1. The average Bonchev–Trinajstić information content (AvgIpc) is 2.52. The monoisotopic (exact) mass is 340 g/mol. The minimum Gasteiger partial charge on any atom is -0.478 e. The topological polar surface area (TPSA) is 104 Å². The second-order valence-electron chi connectivity index (χ2n) is 5.70. The molecule has 126 valence electrons. The molecule has 1 heterocycles. The highest BCUT2D eigenvalue weighted by Gasteiger charge is 2.29. The van der Waals surface area contributed by atoms with Crippen LogP contribution in [0.4, 0.5) is 4.79 Å². The summed E-state index contributed by atoms with van der Waals surface area (Å²) in [5, 5.41) is 11.1. The Balaban J connectivity index is 1.90. The van der Waals surface area contributed by atoms with Crippen LogP contribution in [0.15, 0.2) is 24.3 Å². The second kappa shape index (κ2) is 6.99. The summed E-state index contributed by atoms with van der Waals surface area (Å²) in [6.45, 7) is 1.01. The Bertz CT molecular complexity index is 684. The molecular formula is C15H20N2O5S. The first-order chi connectivity index (χ1) is 10.8. The molecule has 0 aliphatic carbocycles. The van der Waals surface area contributed by atoms with Crippen molar-refractivity contribution in [3.8, 4) is 0 Å². The van der Waals surface area contributed by atoms with Crippen molar-refractivity contribution in [3.63, 3.8) is 0 Å². The van der Waals surface area contributed by atoms with Crippen LogP contribution in [0.2, 0.25) is 0 Å². The van der Waals surface area contributed by atoms with Crippen molar-refractivity contribution in [3.05, 3.63) is 35.4 Å². The molecule has 1 unspecified atom stereocenters. The van der Waals surface area contributed by atoms with Crippen LogP contribution in [-0.2, 0) is 16.4 Å². The van der Waals surface area contributed by atoms with Crippen LogP contribution < -0.4 is 5.32 Å². The lowest BCUT2D eigenvalue weighted by molar-refractivity contribution is 0.0697. The van der Waals surface area contributed by atoms with Gasteiger partial charge < -0.3 is 15.3 Å². The number of benzene rings is 1. The largest absolute Gasteiger partial charge is 0.478 e. The van der Waals surface area contributed by atoms with Gasteiger partial charge in [0.15, 0.2) is 9.84 Å². The van der Waals surface area contributed by atoms with Crippen molar-refractivity contribution in [1.29, 1.82) is 0 Å².